The highest BCUT2D eigenvalue weighted by atomic mass is 32.1. The van der Waals surface area contributed by atoms with Crippen LogP contribution in [-0.4, -0.2) is 29.9 Å². The van der Waals surface area contributed by atoms with Gasteiger partial charge < -0.3 is 14.4 Å². The zero-order valence-electron chi connectivity index (χ0n) is 14.7. The van der Waals surface area contributed by atoms with Gasteiger partial charge in [-0.1, -0.05) is 24.3 Å². The van der Waals surface area contributed by atoms with E-state index in [2.05, 4.69) is 4.98 Å². The minimum absolute atomic E-state index is 0.0741. The van der Waals surface area contributed by atoms with Crippen LogP contribution in [0.15, 0.2) is 59.4 Å². The molecule has 0 aliphatic rings. The lowest BCUT2D eigenvalue weighted by Crippen LogP contribution is -2.26. The fourth-order valence-electron chi connectivity index (χ4n) is 2.57. The van der Waals surface area contributed by atoms with Gasteiger partial charge >= 0.3 is 0 Å². The number of hydrogen-bond donors (Lipinski definition) is 0. The number of methoxy groups -OCH3 is 1. The van der Waals surface area contributed by atoms with Gasteiger partial charge in [0.25, 0.3) is 5.91 Å². The predicted octanol–water partition coefficient (Wildman–Crippen LogP) is 4.00. The largest absolute Gasteiger partial charge is 0.496 e. The van der Waals surface area contributed by atoms with Crippen LogP contribution in [0.25, 0.3) is 0 Å². The molecule has 0 radical (unpaired) electrons. The smallest absolute Gasteiger partial charge is 0.254 e. The monoisotopic (exact) mass is 368 g/mol. The Balaban J connectivity index is 1.67. The Hall–Kier alpha value is -2.86. The van der Waals surface area contributed by atoms with Crippen molar-refractivity contribution in [2.24, 2.45) is 0 Å². The Labute approximate surface area is 156 Å². The number of rotatable bonds is 7. The van der Waals surface area contributed by atoms with Gasteiger partial charge in [-0.15, -0.1) is 11.3 Å². The van der Waals surface area contributed by atoms with E-state index >= 15 is 0 Å². The van der Waals surface area contributed by atoms with Crippen LogP contribution in [0.1, 0.15) is 21.6 Å². The van der Waals surface area contributed by atoms with E-state index in [0.717, 1.165) is 17.0 Å². The number of thiazole rings is 1. The number of para-hydroxylation sites is 1. The van der Waals surface area contributed by atoms with Crippen molar-refractivity contribution in [1.29, 1.82) is 0 Å². The maximum Gasteiger partial charge on any atom is 0.254 e. The van der Waals surface area contributed by atoms with Crippen LogP contribution in [0.3, 0.4) is 0 Å². The van der Waals surface area contributed by atoms with Crippen molar-refractivity contribution in [2.75, 3.05) is 14.2 Å². The zero-order valence-corrected chi connectivity index (χ0v) is 15.5. The zero-order chi connectivity index (χ0) is 18.4. The van der Waals surface area contributed by atoms with E-state index < -0.39 is 0 Å². The normalized spacial score (nSPS) is 10.4. The number of nitrogens with zero attached hydrogens (tertiary/aromatic N) is 2. The Kier molecular flexibility index (Phi) is 5.86. The first-order chi connectivity index (χ1) is 12.7. The molecule has 0 bridgehead atoms. The first-order valence-electron chi connectivity index (χ1n) is 8.14. The van der Waals surface area contributed by atoms with Gasteiger partial charge in [0.15, 0.2) is 0 Å². The lowest BCUT2D eigenvalue weighted by molar-refractivity contribution is 0.0783. The molecule has 134 valence electrons. The number of ether oxygens (including phenoxy) is 2. The highest BCUT2D eigenvalue weighted by Gasteiger charge is 2.14. The lowest BCUT2D eigenvalue weighted by atomic mass is 10.1. The summed E-state index contributed by atoms with van der Waals surface area (Å²) >= 11 is 1.53. The number of amides is 1. The first kappa shape index (κ1) is 17.9. The van der Waals surface area contributed by atoms with E-state index in [1.807, 2.05) is 41.8 Å². The average Bonchev–Trinajstić information content (AvgIpc) is 3.20. The summed E-state index contributed by atoms with van der Waals surface area (Å²) in [5.74, 6) is 1.34. The third-order valence-electron chi connectivity index (χ3n) is 3.90. The van der Waals surface area contributed by atoms with E-state index in [1.54, 1.807) is 36.7 Å². The summed E-state index contributed by atoms with van der Waals surface area (Å²) < 4.78 is 11.1. The molecule has 0 aliphatic carbocycles. The Morgan fingerprint density at radius 2 is 2.04 bits per heavy atom. The van der Waals surface area contributed by atoms with E-state index in [9.17, 15) is 4.79 Å². The van der Waals surface area contributed by atoms with Crippen molar-refractivity contribution in [3.63, 3.8) is 0 Å². The molecular weight excluding hydrogens is 348 g/mol. The van der Waals surface area contributed by atoms with Gasteiger partial charge in [0.05, 0.1) is 18.3 Å². The molecule has 6 heteroatoms. The van der Waals surface area contributed by atoms with Crippen LogP contribution in [0, 0.1) is 0 Å². The van der Waals surface area contributed by atoms with Gasteiger partial charge in [0, 0.05) is 30.1 Å². The summed E-state index contributed by atoms with van der Waals surface area (Å²) in [6.45, 7) is 0.852. The molecule has 0 saturated heterocycles. The van der Waals surface area contributed by atoms with Gasteiger partial charge in [-0.2, -0.15) is 0 Å². The van der Waals surface area contributed by atoms with E-state index in [0.29, 0.717) is 24.5 Å². The van der Waals surface area contributed by atoms with Crippen LogP contribution >= 0.6 is 11.3 Å². The molecule has 0 N–H and O–H groups in total. The number of aromatic nitrogens is 1. The third-order valence-corrected chi connectivity index (χ3v) is 4.53. The Morgan fingerprint density at radius 1 is 1.19 bits per heavy atom. The molecule has 0 spiro atoms. The van der Waals surface area contributed by atoms with Gasteiger partial charge in [-0.25, -0.2) is 4.98 Å². The first-order valence-corrected chi connectivity index (χ1v) is 9.09. The molecule has 0 fully saturated rings. The molecule has 2 aromatic carbocycles. The topological polar surface area (TPSA) is 51.7 Å². The van der Waals surface area contributed by atoms with Gasteiger partial charge in [0.1, 0.15) is 18.1 Å². The minimum atomic E-state index is -0.0741. The number of carbonyl (C=O) groups is 1. The molecule has 0 atom stereocenters. The van der Waals surface area contributed by atoms with E-state index in [4.69, 9.17) is 9.47 Å². The second-order valence-corrected chi connectivity index (χ2v) is 6.49. The molecule has 0 unspecified atom stereocenters. The molecule has 0 saturated carbocycles. The van der Waals surface area contributed by atoms with Crippen molar-refractivity contribution in [2.45, 2.75) is 13.2 Å². The fraction of sp³-hybridized carbons (Fsp3) is 0.200. The quantitative estimate of drug-likeness (QED) is 0.632. The highest BCUT2D eigenvalue weighted by Crippen LogP contribution is 2.21. The van der Waals surface area contributed by atoms with Crippen LogP contribution in [0.5, 0.6) is 11.5 Å². The molecular formula is C20H20N2O3S. The van der Waals surface area contributed by atoms with Crippen LogP contribution in [0.4, 0.5) is 0 Å². The number of benzene rings is 2. The van der Waals surface area contributed by atoms with Crippen LogP contribution in [-0.2, 0) is 13.2 Å². The molecule has 26 heavy (non-hydrogen) atoms. The Bertz CT molecular complexity index is 865. The van der Waals surface area contributed by atoms with Crippen molar-refractivity contribution in [1.82, 2.24) is 9.88 Å². The lowest BCUT2D eigenvalue weighted by Gasteiger charge is -2.19. The third kappa shape index (κ3) is 4.40. The summed E-state index contributed by atoms with van der Waals surface area (Å²) in [7, 11) is 3.40. The van der Waals surface area contributed by atoms with Crippen molar-refractivity contribution < 1.29 is 14.3 Å². The molecule has 1 heterocycles. The molecule has 1 amide bonds. The van der Waals surface area contributed by atoms with Crippen LogP contribution in [0.2, 0.25) is 0 Å². The molecule has 1 aromatic heterocycles. The van der Waals surface area contributed by atoms with Crippen LogP contribution < -0.4 is 9.47 Å². The SMILES string of the molecule is COc1ccccc1CN(C)C(=O)c1cccc(OCc2cscn2)c1. The van der Waals surface area contributed by atoms with E-state index in [-0.39, 0.29) is 5.91 Å². The predicted molar refractivity (Wildman–Crippen MR) is 102 cm³/mol. The minimum Gasteiger partial charge on any atom is -0.496 e. The number of carbonyl (C=O) groups excluding carboxylic acids is 1. The van der Waals surface area contributed by atoms with Gasteiger partial charge in [0.2, 0.25) is 0 Å². The van der Waals surface area contributed by atoms with Gasteiger partial charge in [-0.05, 0) is 24.3 Å². The molecule has 3 aromatic rings. The van der Waals surface area contributed by atoms with Gasteiger partial charge in [-0.3, -0.25) is 4.79 Å². The summed E-state index contributed by atoms with van der Waals surface area (Å²) in [4.78, 5) is 18.6. The van der Waals surface area contributed by atoms with E-state index in [1.165, 1.54) is 11.3 Å². The average molecular weight is 368 g/mol. The standard InChI is InChI=1S/C20H20N2O3S/c1-22(11-16-6-3-4-9-19(16)24-2)20(23)15-7-5-8-18(10-15)25-12-17-13-26-14-21-17/h3-10,13-14H,11-12H2,1-2H3. The summed E-state index contributed by atoms with van der Waals surface area (Å²) in [5.41, 5.74) is 4.19. The fourth-order valence-corrected chi connectivity index (χ4v) is 3.11. The summed E-state index contributed by atoms with van der Waals surface area (Å²) in [5, 5.41) is 1.94. The maximum atomic E-state index is 12.8. The van der Waals surface area contributed by atoms with Crippen molar-refractivity contribution in [3.8, 4) is 11.5 Å². The second-order valence-electron chi connectivity index (χ2n) is 5.77. The summed E-state index contributed by atoms with van der Waals surface area (Å²) in [6.07, 6.45) is 0. The summed E-state index contributed by atoms with van der Waals surface area (Å²) in [6, 6.07) is 14.9. The molecule has 5 nitrogen and oxygen atoms in total. The Morgan fingerprint density at radius 3 is 2.81 bits per heavy atom. The van der Waals surface area contributed by atoms with Crippen molar-refractivity contribution >= 4 is 17.2 Å². The molecule has 0 aliphatic heterocycles. The highest BCUT2D eigenvalue weighted by molar-refractivity contribution is 7.07. The van der Waals surface area contributed by atoms with Crippen molar-refractivity contribution in [3.05, 3.63) is 76.2 Å². The number of hydrogen-bond acceptors (Lipinski definition) is 5. The second kappa shape index (κ2) is 8.49. The molecule has 3 rings (SSSR count). The maximum absolute atomic E-state index is 12.8.